The molecule has 0 saturated carbocycles. The predicted octanol–water partition coefficient (Wildman–Crippen LogP) is 2.62. The fraction of sp³-hybridized carbons (Fsp3) is 0.0769. The quantitative estimate of drug-likeness (QED) is 0.654. The van der Waals surface area contributed by atoms with E-state index in [1.807, 2.05) is 0 Å². The van der Waals surface area contributed by atoms with Gasteiger partial charge in [-0.3, -0.25) is 0 Å². The fourth-order valence-electron chi connectivity index (χ4n) is 1.33. The smallest absolute Gasteiger partial charge is 0.0226 e. The second kappa shape index (κ2) is 4.39. The van der Waals surface area contributed by atoms with Crippen LogP contribution in [0.25, 0.3) is 0 Å². The van der Waals surface area contributed by atoms with Crippen LogP contribution in [0, 0.1) is 6.92 Å². The molecule has 0 bridgehead atoms. The van der Waals surface area contributed by atoms with Crippen molar-refractivity contribution in [3.8, 4) is 0 Å². The Balaban J connectivity index is 2.16. The Morgan fingerprint density at radius 3 is 1.93 bits per heavy atom. The first kappa shape index (κ1) is 9.43. The van der Waals surface area contributed by atoms with Crippen LogP contribution in [0.15, 0.2) is 54.6 Å². The van der Waals surface area contributed by atoms with Crippen LogP contribution in [-0.2, 0) is 0 Å². The number of benzene rings is 2. The topological polar surface area (TPSA) is 0 Å². The molecule has 2 aromatic carbocycles. The molecule has 0 nitrogen and oxygen atoms in total. The molecule has 0 aliphatic heterocycles. The second-order valence-corrected chi connectivity index (χ2v) is 4.76. The van der Waals surface area contributed by atoms with Crippen molar-refractivity contribution in [1.82, 2.24) is 0 Å². The van der Waals surface area contributed by atoms with Gasteiger partial charge in [0.15, 0.2) is 0 Å². The summed E-state index contributed by atoms with van der Waals surface area (Å²) in [4.78, 5) is 0. The standard InChI is InChI=1S/C13H13P/c1-11-7-9-13(10-8-11)14-12-5-3-2-4-6-12/h2-10,14H,1H3. The molecule has 0 N–H and O–H groups in total. The minimum absolute atomic E-state index is 0.773. The van der Waals surface area contributed by atoms with Crippen LogP contribution in [0.5, 0.6) is 0 Å². The average Bonchev–Trinajstić information content (AvgIpc) is 2.23. The van der Waals surface area contributed by atoms with E-state index in [1.54, 1.807) is 0 Å². The monoisotopic (exact) mass is 200 g/mol. The zero-order valence-corrected chi connectivity index (χ0v) is 9.20. The summed E-state index contributed by atoms with van der Waals surface area (Å²) in [7, 11) is 0.773. The van der Waals surface area contributed by atoms with Crippen LogP contribution in [-0.4, -0.2) is 0 Å². The minimum Gasteiger partial charge on any atom is -0.0622 e. The molecule has 0 aliphatic carbocycles. The zero-order chi connectivity index (χ0) is 9.80. The Bertz CT molecular complexity index is 389. The lowest BCUT2D eigenvalue weighted by molar-refractivity contribution is 1.49. The molecular weight excluding hydrogens is 187 g/mol. The van der Waals surface area contributed by atoms with Gasteiger partial charge in [0, 0.05) is 0 Å². The van der Waals surface area contributed by atoms with Gasteiger partial charge in [0.2, 0.25) is 0 Å². The highest BCUT2D eigenvalue weighted by Crippen LogP contribution is 2.10. The van der Waals surface area contributed by atoms with Crippen molar-refractivity contribution in [2.75, 3.05) is 0 Å². The molecule has 1 heteroatoms. The lowest BCUT2D eigenvalue weighted by Gasteiger charge is -2.01. The largest absolute Gasteiger partial charge is 0.0622 e. The highest BCUT2D eigenvalue weighted by molar-refractivity contribution is 7.55. The van der Waals surface area contributed by atoms with Gasteiger partial charge in [0.05, 0.1) is 0 Å². The van der Waals surface area contributed by atoms with Crippen molar-refractivity contribution < 1.29 is 0 Å². The van der Waals surface area contributed by atoms with E-state index in [4.69, 9.17) is 0 Å². The van der Waals surface area contributed by atoms with Gasteiger partial charge in [-0.25, -0.2) is 0 Å². The first-order valence-corrected chi connectivity index (χ1v) is 5.73. The Kier molecular flexibility index (Phi) is 2.96. The molecule has 1 unspecified atom stereocenters. The van der Waals surface area contributed by atoms with Gasteiger partial charge in [-0.2, -0.15) is 0 Å². The van der Waals surface area contributed by atoms with Gasteiger partial charge < -0.3 is 0 Å². The van der Waals surface area contributed by atoms with Crippen LogP contribution in [0.3, 0.4) is 0 Å². The maximum atomic E-state index is 2.21. The zero-order valence-electron chi connectivity index (χ0n) is 8.20. The van der Waals surface area contributed by atoms with E-state index in [2.05, 4.69) is 61.5 Å². The van der Waals surface area contributed by atoms with Crippen LogP contribution < -0.4 is 10.6 Å². The van der Waals surface area contributed by atoms with Crippen molar-refractivity contribution in [2.24, 2.45) is 0 Å². The lowest BCUT2D eigenvalue weighted by Crippen LogP contribution is -2.01. The van der Waals surface area contributed by atoms with Crippen LogP contribution in [0.4, 0.5) is 0 Å². The summed E-state index contributed by atoms with van der Waals surface area (Å²) < 4.78 is 0. The van der Waals surface area contributed by atoms with Crippen molar-refractivity contribution in [1.29, 1.82) is 0 Å². The maximum absolute atomic E-state index is 2.21. The minimum atomic E-state index is 0.773. The number of rotatable bonds is 2. The Morgan fingerprint density at radius 1 is 0.714 bits per heavy atom. The second-order valence-electron chi connectivity index (χ2n) is 3.36. The van der Waals surface area contributed by atoms with E-state index in [9.17, 15) is 0 Å². The number of hydrogen-bond donors (Lipinski definition) is 0. The van der Waals surface area contributed by atoms with Crippen molar-refractivity contribution in [3.63, 3.8) is 0 Å². The van der Waals surface area contributed by atoms with Crippen molar-refractivity contribution in [2.45, 2.75) is 6.92 Å². The molecule has 0 fully saturated rings. The third kappa shape index (κ3) is 2.43. The summed E-state index contributed by atoms with van der Waals surface area (Å²) in [5, 5.41) is 2.80. The SMILES string of the molecule is Cc1ccc(Pc2ccccc2)cc1. The van der Waals surface area contributed by atoms with Crippen LogP contribution in [0.1, 0.15) is 5.56 Å². The molecule has 70 valence electrons. The molecule has 0 amide bonds. The average molecular weight is 200 g/mol. The summed E-state index contributed by atoms with van der Waals surface area (Å²) in [6, 6.07) is 19.4. The third-order valence-electron chi connectivity index (χ3n) is 2.11. The molecule has 2 aromatic rings. The third-order valence-corrected chi connectivity index (χ3v) is 3.36. The molecule has 0 aliphatic rings. The van der Waals surface area contributed by atoms with Crippen molar-refractivity contribution >= 4 is 19.2 Å². The summed E-state index contributed by atoms with van der Waals surface area (Å²) in [6.07, 6.45) is 0. The number of hydrogen-bond acceptors (Lipinski definition) is 0. The summed E-state index contributed by atoms with van der Waals surface area (Å²) >= 11 is 0. The van der Waals surface area contributed by atoms with E-state index in [1.165, 1.54) is 16.2 Å². The molecule has 2 rings (SSSR count). The van der Waals surface area contributed by atoms with Crippen LogP contribution in [0.2, 0.25) is 0 Å². The highest BCUT2D eigenvalue weighted by Gasteiger charge is 1.94. The van der Waals surface area contributed by atoms with E-state index >= 15 is 0 Å². The van der Waals surface area contributed by atoms with E-state index in [-0.39, 0.29) is 0 Å². The van der Waals surface area contributed by atoms with Gasteiger partial charge in [0.1, 0.15) is 0 Å². The summed E-state index contributed by atoms with van der Waals surface area (Å²) in [5.41, 5.74) is 1.33. The molecular formula is C13H13P. The predicted molar refractivity (Wildman–Crippen MR) is 65.2 cm³/mol. The molecule has 0 saturated heterocycles. The Morgan fingerprint density at radius 2 is 1.29 bits per heavy atom. The Hall–Kier alpha value is -1.13. The summed E-state index contributed by atoms with van der Waals surface area (Å²) in [6.45, 7) is 2.12. The summed E-state index contributed by atoms with van der Waals surface area (Å²) in [5.74, 6) is 0. The van der Waals surface area contributed by atoms with Gasteiger partial charge in [0.25, 0.3) is 0 Å². The molecule has 14 heavy (non-hydrogen) atoms. The first-order chi connectivity index (χ1) is 6.84. The van der Waals surface area contributed by atoms with Gasteiger partial charge >= 0.3 is 0 Å². The van der Waals surface area contributed by atoms with Gasteiger partial charge in [-0.1, -0.05) is 68.7 Å². The van der Waals surface area contributed by atoms with Gasteiger partial charge in [-0.05, 0) is 17.5 Å². The lowest BCUT2D eigenvalue weighted by atomic mass is 10.2. The molecule has 0 radical (unpaired) electrons. The Labute approximate surface area is 86.8 Å². The molecule has 1 atom stereocenters. The number of aryl methyl sites for hydroxylation is 1. The molecule has 0 heterocycles. The fourth-order valence-corrected chi connectivity index (χ4v) is 2.35. The maximum Gasteiger partial charge on any atom is -0.0226 e. The van der Waals surface area contributed by atoms with E-state index < -0.39 is 0 Å². The van der Waals surface area contributed by atoms with Crippen LogP contribution >= 0.6 is 8.58 Å². The van der Waals surface area contributed by atoms with Crippen molar-refractivity contribution in [3.05, 3.63) is 60.2 Å². The normalized spacial score (nSPS) is 10.9. The highest BCUT2D eigenvalue weighted by atomic mass is 31.1. The van der Waals surface area contributed by atoms with E-state index in [0.717, 1.165) is 8.58 Å². The van der Waals surface area contributed by atoms with Gasteiger partial charge in [-0.15, -0.1) is 0 Å². The first-order valence-electron chi connectivity index (χ1n) is 4.73. The molecule has 0 spiro atoms. The molecule has 0 aromatic heterocycles. The van der Waals surface area contributed by atoms with E-state index in [0.29, 0.717) is 0 Å².